The second-order valence-corrected chi connectivity index (χ2v) is 7.12. The van der Waals surface area contributed by atoms with E-state index in [-0.39, 0.29) is 6.54 Å². The number of methoxy groups -OCH3 is 1. The monoisotopic (exact) mass is 432 g/mol. The number of amides is 2. The SMILES string of the molecule is COc1cccc(CN(C(=O)c2ccc(OC(C)=O)cc2)[C@@H](C(N)=O)c2ccccc2)c1. The molecular formula is C25H24N2O5. The maximum absolute atomic E-state index is 13.5. The molecule has 0 heterocycles. The van der Waals surface area contributed by atoms with Gasteiger partial charge in [-0.05, 0) is 47.5 Å². The predicted octanol–water partition coefficient (Wildman–Crippen LogP) is 3.49. The van der Waals surface area contributed by atoms with E-state index in [9.17, 15) is 14.4 Å². The molecule has 164 valence electrons. The first-order chi connectivity index (χ1) is 15.4. The summed E-state index contributed by atoms with van der Waals surface area (Å²) in [5.41, 5.74) is 7.46. The molecule has 3 aromatic rings. The molecule has 1 atom stereocenters. The van der Waals surface area contributed by atoms with Gasteiger partial charge in [0.2, 0.25) is 5.91 Å². The number of ether oxygens (including phenoxy) is 2. The van der Waals surface area contributed by atoms with Gasteiger partial charge in [-0.15, -0.1) is 0 Å². The van der Waals surface area contributed by atoms with Crippen LogP contribution < -0.4 is 15.2 Å². The minimum Gasteiger partial charge on any atom is -0.497 e. The van der Waals surface area contributed by atoms with Crippen LogP contribution in [0.3, 0.4) is 0 Å². The minimum atomic E-state index is -0.983. The van der Waals surface area contributed by atoms with Crippen molar-refractivity contribution in [2.75, 3.05) is 7.11 Å². The zero-order chi connectivity index (χ0) is 23.1. The Kier molecular flexibility index (Phi) is 7.23. The lowest BCUT2D eigenvalue weighted by Gasteiger charge is -2.30. The Balaban J connectivity index is 2.01. The lowest BCUT2D eigenvalue weighted by atomic mass is 10.0. The molecule has 0 radical (unpaired) electrons. The van der Waals surface area contributed by atoms with Gasteiger partial charge in [0, 0.05) is 19.0 Å². The van der Waals surface area contributed by atoms with E-state index in [2.05, 4.69) is 0 Å². The Hall–Kier alpha value is -4.13. The Morgan fingerprint density at radius 1 is 0.906 bits per heavy atom. The summed E-state index contributed by atoms with van der Waals surface area (Å²) in [6.07, 6.45) is 0. The van der Waals surface area contributed by atoms with E-state index in [1.807, 2.05) is 18.2 Å². The Bertz CT molecular complexity index is 1100. The molecule has 7 heteroatoms. The topological polar surface area (TPSA) is 98.9 Å². The third-order valence-electron chi connectivity index (χ3n) is 4.81. The van der Waals surface area contributed by atoms with Crippen molar-refractivity contribution < 1.29 is 23.9 Å². The number of nitrogens with zero attached hydrogens (tertiary/aromatic N) is 1. The molecule has 0 bridgehead atoms. The lowest BCUT2D eigenvalue weighted by molar-refractivity contribution is -0.131. The third kappa shape index (κ3) is 5.51. The van der Waals surface area contributed by atoms with E-state index in [1.54, 1.807) is 55.6 Å². The van der Waals surface area contributed by atoms with Gasteiger partial charge in [-0.2, -0.15) is 0 Å². The summed E-state index contributed by atoms with van der Waals surface area (Å²) in [6.45, 7) is 1.43. The van der Waals surface area contributed by atoms with Crippen molar-refractivity contribution in [3.63, 3.8) is 0 Å². The molecule has 0 aliphatic carbocycles. The van der Waals surface area contributed by atoms with Gasteiger partial charge in [-0.25, -0.2) is 0 Å². The van der Waals surface area contributed by atoms with Gasteiger partial charge in [0.25, 0.3) is 5.91 Å². The molecule has 0 aliphatic heterocycles. The van der Waals surface area contributed by atoms with Crippen LogP contribution >= 0.6 is 0 Å². The minimum absolute atomic E-state index is 0.129. The number of carbonyl (C=O) groups is 3. The molecule has 0 spiro atoms. The summed E-state index contributed by atoms with van der Waals surface area (Å²) in [7, 11) is 1.56. The summed E-state index contributed by atoms with van der Waals surface area (Å²) in [5.74, 6) is -0.542. The van der Waals surface area contributed by atoms with Gasteiger partial charge in [0.15, 0.2) is 0 Å². The van der Waals surface area contributed by atoms with Gasteiger partial charge in [0.05, 0.1) is 7.11 Å². The summed E-state index contributed by atoms with van der Waals surface area (Å²) in [5, 5.41) is 0. The fraction of sp³-hybridized carbons (Fsp3) is 0.160. The first-order valence-corrected chi connectivity index (χ1v) is 9.95. The molecule has 32 heavy (non-hydrogen) atoms. The molecule has 0 saturated carbocycles. The Morgan fingerprint density at radius 3 is 2.19 bits per heavy atom. The second-order valence-electron chi connectivity index (χ2n) is 7.12. The first kappa shape index (κ1) is 22.6. The van der Waals surface area contributed by atoms with Gasteiger partial charge in [-0.3, -0.25) is 14.4 Å². The van der Waals surface area contributed by atoms with Crippen LogP contribution in [0.15, 0.2) is 78.9 Å². The standard InChI is InChI=1S/C25H24N2O5/c1-17(28)32-21-13-11-20(12-14-21)25(30)27(16-18-7-6-10-22(15-18)31-2)23(24(26)29)19-8-4-3-5-9-19/h3-15,23H,16H2,1-2H3,(H2,26,29)/t23-/m1/s1. The molecule has 2 N–H and O–H groups in total. The van der Waals surface area contributed by atoms with Gasteiger partial charge >= 0.3 is 5.97 Å². The van der Waals surface area contributed by atoms with Crippen molar-refractivity contribution in [3.8, 4) is 11.5 Å². The van der Waals surface area contributed by atoms with Crippen LogP contribution in [0, 0.1) is 0 Å². The number of esters is 1. The summed E-state index contributed by atoms with van der Waals surface area (Å²) in [4.78, 5) is 38.6. The lowest BCUT2D eigenvalue weighted by Crippen LogP contribution is -2.41. The van der Waals surface area contributed by atoms with Crippen LogP contribution in [0.2, 0.25) is 0 Å². The smallest absolute Gasteiger partial charge is 0.308 e. The quantitative estimate of drug-likeness (QED) is 0.434. The van der Waals surface area contributed by atoms with Gasteiger partial charge < -0.3 is 20.1 Å². The van der Waals surface area contributed by atoms with Crippen LogP contribution in [0.1, 0.15) is 34.5 Å². The van der Waals surface area contributed by atoms with Gasteiger partial charge in [-0.1, -0.05) is 42.5 Å². The maximum atomic E-state index is 13.5. The van der Waals surface area contributed by atoms with Crippen molar-refractivity contribution in [2.24, 2.45) is 5.73 Å². The average Bonchev–Trinajstić information content (AvgIpc) is 2.79. The second kappa shape index (κ2) is 10.3. The number of hydrogen-bond acceptors (Lipinski definition) is 5. The molecule has 0 saturated heterocycles. The highest BCUT2D eigenvalue weighted by molar-refractivity contribution is 5.97. The van der Waals surface area contributed by atoms with Crippen molar-refractivity contribution in [3.05, 3.63) is 95.6 Å². The van der Waals surface area contributed by atoms with Gasteiger partial charge in [0.1, 0.15) is 17.5 Å². The largest absolute Gasteiger partial charge is 0.497 e. The number of carbonyl (C=O) groups excluding carboxylic acids is 3. The normalized spacial score (nSPS) is 11.3. The maximum Gasteiger partial charge on any atom is 0.308 e. The molecule has 3 rings (SSSR count). The zero-order valence-corrected chi connectivity index (χ0v) is 17.9. The van der Waals surface area contributed by atoms with Crippen LogP contribution in [-0.2, 0) is 16.1 Å². The zero-order valence-electron chi connectivity index (χ0n) is 17.9. The highest BCUT2D eigenvalue weighted by Crippen LogP contribution is 2.27. The Labute approximate surface area is 186 Å². The summed E-state index contributed by atoms with van der Waals surface area (Å²) < 4.78 is 10.3. The van der Waals surface area contributed by atoms with E-state index < -0.39 is 23.8 Å². The van der Waals surface area contributed by atoms with Crippen molar-refractivity contribution in [2.45, 2.75) is 19.5 Å². The van der Waals surface area contributed by atoms with Crippen LogP contribution in [0.5, 0.6) is 11.5 Å². The van der Waals surface area contributed by atoms with Crippen molar-refractivity contribution in [1.82, 2.24) is 4.90 Å². The van der Waals surface area contributed by atoms with E-state index >= 15 is 0 Å². The van der Waals surface area contributed by atoms with Crippen LogP contribution in [0.4, 0.5) is 0 Å². The molecule has 0 aliphatic rings. The molecule has 0 fully saturated rings. The fourth-order valence-corrected chi connectivity index (χ4v) is 3.38. The predicted molar refractivity (Wildman–Crippen MR) is 119 cm³/mol. The average molecular weight is 432 g/mol. The highest BCUT2D eigenvalue weighted by Gasteiger charge is 2.30. The van der Waals surface area contributed by atoms with E-state index in [0.29, 0.717) is 22.6 Å². The summed E-state index contributed by atoms with van der Waals surface area (Å²) in [6, 6.07) is 21.3. The van der Waals surface area contributed by atoms with E-state index in [1.165, 1.54) is 24.0 Å². The molecule has 0 unspecified atom stereocenters. The molecule has 7 nitrogen and oxygen atoms in total. The number of primary amides is 1. The van der Waals surface area contributed by atoms with E-state index in [4.69, 9.17) is 15.2 Å². The van der Waals surface area contributed by atoms with E-state index in [0.717, 1.165) is 5.56 Å². The first-order valence-electron chi connectivity index (χ1n) is 9.95. The number of hydrogen-bond donors (Lipinski definition) is 1. The molecule has 3 aromatic carbocycles. The summed E-state index contributed by atoms with van der Waals surface area (Å²) >= 11 is 0. The number of benzene rings is 3. The van der Waals surface area contributed by atoms with Crippen molar-refractivity contribution in [1.29, 1.82) is 0 Å². The molecule has 2 amide bonds. The fourth-order valence-electron chi connectivity index (χ4n) is 3.38. The third-order valence-corrected chi connectivity index (χ3v) is 4.81. The highest BCUT2D eigenvalue weighted by atomic mass is 16.5. The number of nitrogens with two attached hydrogens (primary N) is 1. The molecule has 0 aromatic heterocycles. The van der Waals surface area contributed by atoms with Crippen molar-refractivity contribution >= 4 is 17.8 Å². The van der Waals surface area contributed by atoms with Crippen LogP contribution in [-0.4, -0.2) is 29.8 Å². The Morgan fingerprint density at radius 2 is 1.59 bits per heavy atom. The molecular weight excluding hydrogens is 408 g/mol. The van der Waals surface area contributed by atoms with Crippen LogP contribution in [0.25, 0.3) is 0 Å². The number of rotatable bonds is 8.